The minimum atomic E-state index is -0.525. The van der Waals surface area contributed by atoms with Gasteiger partial charge >= 0.3 is 6.09 Å². The van der Waals surface area contributed by atoms with Gasteiger partial charge < -0.3 is 19.7 Å². The van der Waals surface area contributed by atoms with Gasteiger partial charge in [-0.1, -0.05) is 0 Å². The third-order valence-electron chi connectivity index (χ3n) is 2.89. The number of hydrogen-bond acceptors (Lipinski definition) is 4. The van der Waals surface area contributed by atoms with Crippen molar-refractivity contribution < 1.29 is 19.1 Å². The van der Waals surface area contributed by atoms with Crippen LogP contribution >= 0.6 is 0 Å². The summed E-state index contributed by atoms with van der Waals surface area (Å²) in [6, 6.07) is -0.180. The molecule has 1 heterocycles. The van der Waals surface area contributed by atoms with E-state index in [1.54, 1.807) is 11.9 Å². The molecular weight excluding hydrogens is 260 g/mol. The molecule has 1 rings (SSSR count). The Morgan fingerprint density at radius 1 is 1.45 bits per heavy atom. The van der Waals surface area contributed by atoms with Crippen molar-refractivity contribution in [1.82, 2.24) is 10.2 Å². The van der Waals surface area contributed by atoms with Gasteiger partial charge in [0.25, 0.3) is 5.91 Å². The second-order valence-electron chi connectivity index (χ2n) is 6.27. The molecule has 0 spiro atoms. The maximum absolute atomic E-state index is 12.1. The Labute approximate surface area is 120 Å². The summed E-state index contributed by atoms with van der Waals surface area (Å²) in [5, 5.41) is 2.72. The first-order chi connectivity index (χ1) is 9.19. The van der Waals surface area contributed by atoms with E-state index in [1.807, 2.05) is 27.7 Å². The van der Waals surface area contributed by atoms with Crippen LogP contribution in [0.2, 0.25) is 0 Å². The minimum Gasteiger partial charge on any atom is -0.444 e. The van der Waals surface area contributed by atoms with Crippen LogP contribution in [0.15, 0.2) is 0 Å². The molecule has 1 saturated heterocycles. The van der Waals surface area contributed by atoms with E-state index in [1.165, 1.54) is 0 Å². The number of carbonyl (C=O) groups is 2. The van der Waals surface area contributed by atoms with Crippen molar-refractivity contribution in [1.29, 1.82) is 0 Å². The second kappa shape index (κ2) is 6.92. The number of nitrogens with one attached hydrogen (secondary N) is 1. The van der Waals surface area contributed by atoms with E-state index in [-0.39, 0.29) is 18.1 Å². The molecular formula is C14H26N2O4. The van der Waals surface area contributed by atoms with Gasteiger partial charge in [-0.2, -0.15) is 0 Å². The Balaban J connectivity index is 2.35. The fourth-order valence-electron chi connectivity index (χ4n) is 2.07. The van der Waals surface area contributed by atoms with E-state index in [4.69, 9.17) is 9.47 Å². The van der Waals surface area contributed by atoms with E-state index in [0.29, 0.717) is 13.2 Å². The Bertz CT molecular complexity index is 346. The maximum Gasteiger partial charge on any atom is 0.407 e. The summed E-state index contributed by atoms with van der Waals surface area (Å²) in [5.41, 5.74) is -0.525. The molecule has 0 aliphatic carbocycles. The number of rotatable bonds is 4. The standard InChI is InChI=1S/C14H26N2O4/c1-10(15-13(18)20-14(2,3)4)9-16(5)12(17)11-7-6-8-19-11/h10-11H,6-9H2,1-5H3,(H,15,18)/t10-,11?/m0/s1. The number of alkyl carbamates (subject to hydrolysis) is 1. The van der Waals surface area contributed by atoms with Crippen LogP contribution in [-0.4, -0.2) is 54.8 Å². The van der Waals surface area contributed by atoms with E-state index < -0.39 is 11.7 Å². The van der Waals surface area contributed by atoms with Crippen LogP contribution in [0.3, 0.4) is 0 Å². The second-order valence-corrected chi connectivity index (χ2v) is 6.27. The molecule has 0 radical (unpaired) electrons. The molecule has 2 atom stereocenters. The largest absolute Gasteiger partial charge is 0.444 e. The third kappa shape index (κ3) is 5.77. The Morgan fingerprint density at radius 3 is 2.60 bits per heavy atom. The van der Waals surface area contributed by atoms with Gasteiger partial charge in [0, 0.05) is 26.2 Å². The summed E-state index contributed by atoms with van der Waals surface area (Å²) in [5.74, 6) is -0.0275. The van der Waals surface area contributed by atoms with Gasteiger partial charge in [-0.05, 0) is 40.5 Å². The summed E-state index contributed by atoms with van der Waals surface area (Å²) in [6.45, 7) is 8.34. The summed E-state index contributed by atoms with van der Waals surface area (Å²) in [7, 11) is 1.72. The molecule has 6 heteroatoms. The molecule has 0 saturated carbocycles. The lowest BCUT2D eigenvalue weighted by Gasteiger charge is -2.26. The zero-order chi connectivity index (χ0) is 15.3. The van der Waals surface area contributed by atoms with E-state index in [0.717, 1.165) is 12.8 Å². The Hall–Kier alpha value is -1.30. The SMILES string of the molecule is C[C@@H](CN(C)C(=O)C1CCCO1)NC(=O)OC(C)(C)C. The van der Waals surface area contributed by atoms with Gasteiger partial charge in [0.05, 0.1) is 0 Å². The average molecular weight is 286 g/mol. The van der Waals surface area contributed by atoms with Gasteiger partial charge in [-0.15, -0.1) is 0 Å². The molecule has 6 nitrogen and oxygen atoms in total. The van der Waals surface area contributed by atoms with E-state index in [2.05, 4.69) is 5.32 Å². The number of amides is 2. The van der Waals surface area contributed by atoms with Crippen LogP contribution in [0.1, 0.15) is 40.5 Å². The zero-order valence-electron chi connectivity index (χ0n) is 13.1. The molecule has 2 amide bonds. The van der Waals surface area contributed by atoms with Gasteiger partial charge in [0.2, 0.25) is 0 Å². The quantitative estimate of drug-likeness (QED) is 0.851. The molecule has 1 N–H and O–H groups in total. The summed E-state index contributed by atoms with van der Waals surface area (Å²) < 4.78 is 10.5. The number of nitrogens with zero attached hydrogens (tertiary/aromatic N) is 1. The fourth-order valence-corrected chi connectivity index (χ4v) is 2.07. The molecule has 1 aliphatic heterocycles. The normalized spacial score (nSPS) is 20.4. The van der Waals surface area contributed by atoms with Crippen LogP contribution in [0.5, 0.6) is 0 Å². The summed E-state index contributed by atoms with van der Waals surface area (Å²) in [4.78, 5) is 25.3. The van der Waals surface area contributed by atoms with Crippen molar-refractivity contribution in [3.8, 4) is 0 Å². The first kappa shape index (κ1) is 16.8. The van der Waals surface area contributed by atoms with Crippen molar-refractivity contribution in [2.24, 2.45) is 0 Å². The monoisotopic (exact) mass is 286 g/mol. The lowest BCUT2D eigenvalue weighted by atomic mass is 10.2. The third-order valence-corrected chi connectivity index (χ3v) is 2.89. The van der Waals surface area contributed by atoms with Crippen molar-refractivity contribution in [2.75, 3.05) is 20.2 Å². The van der Waals surface area contributed by atoms with Gasteiger partial charge in [-0.25, -0.2) is 4.79 Å². The zero-order valence-corrected chi connectivity index (χ0v) is 13.1. The smallest absolute Gasteiger partial charge is 0.407 e. The maximum atomic E-state index is 12.1. The molecule has 0 aromatic carbocycles. The Kier molecular flexibility index (Phi) is 5.80. The highest BCUT2D eigenvalue weighted by Gasteiger charge is 2.27. The van der Waals surface area contributed by atoms with Crippen LogP contribution in [0.25, 0.3) is 0 Å². The van der Waals surface area contributed by atoms with Crippen molar-refractivity contribution >= 4 is 12.0 Å². The van der Waals surface area contributed by atoms with Crippen LogP contribution in [-0.2, 0) is 14.3 Å². The predicted molar refractivity (Wildman–Crippen MR) is 75.4 cm³/mol. The van der Waals surface area contributed by atoms with Crippen LogP contribution in [0.4, 0.5) is 4.79 Å². The van der Waals surface area contributed by atoms with Gasteiger partial charge in [-0.3, -0.25) is 4.79 Å². The van der Waals surface area contributed by atoms with Gasteiger partial charge in [0.1, 0.15) is 11.7 Å². The lowest BCUT2D eigenvalue weighted by Crippen LogP contribution is -2.46. The first-order valence-electron chi connectivity index (χ1n) is 7.05. The summed E-state index contributed by atoms with van der Waals surface area (Å²) in [6.07, 6.45) is 0.907. The highest BCUT2D eigenvalue weighted by atomic mass is 16.6. The highest BCUT2D eigenvalue weighted by Crippen LogP contribution is 2.14. The molecule has 116 valence electrons. The molecule has 20 heavy (non-hydrogen) atoms. The van der Waals surface area contributed by atoms with E-state index >= 15 is 0 Å². The molecule has 0 bridgehead atoms. The number of hydrogen-bond donors (Lipinski definition) is 1. The van der Waals surface area contributed by atoms with Crippen LogP contribution < -0.4 is 5.32 Å². The molecule has 1 fully saturated rings. The molecule has 0 aromatic heterocycles. The molecule has 0 aromatic rings. The number of carbonyl (C=O) groups excluding carboxylic acids is 2. The van der Waals surface area contributed by atoms with E-state index in [9.17, 15) is 9.59 Å². The fraction of sp³-hybridized carbons (Fsp3) is 0.857. The predicted octanol–water partition coefficient (Wildman–Crippen LogP) is 1.54. The van der Waals surface area contributed by atoms with Crippen molar-refractivity contribution in [2.45, 2.75) is 58.3 Å². The highest BCUT2D eigenvalue weighted by molar-refractivity contribution is 5.81. The van der Waals surface area contributed by atoms with Gasteiger partial charge in [0.15, 0.2) is 0 Å². The topological polar surface area (TPSA) is 67.9 Å². The first-order valence-corrected chi connectivity index (χ1v) is 7.05. The van der Waals surface area contributed by atoms with Crippen molar-refractivity contribution in [3.63, 3.8) is 0 Å². The minimum absolute atomic E-state index is 0.0275. The Morgan fingerprint density at radius 2 is 2.10 bits per heavy atom. The van der Waals surface area contributed by atoms with Crippen LogP contribution in [0, 0.1) is 0 Å². The lowest BCUT2D eigenvalue weighted by molar-refractivity contribution is -0.139. The summed E-state index contributed by atoms with van der Waals surface area (Å²) >= 11 is 0. The molecule has 1 aliphatic rings. The average Bonchev–Trinajstić information content (AvgIpc) is 2.77. The number of ether oxygens (including phenoxy) is 2. The number of likely N-dealkylation sites (N-methyl/N-ethyl adjacent to an activating group) is 1. The molecule has 1 unspecified atom stereocenters. The van der Waals surface area contributed by atoms with Crippen molar-refractivity contribution in [3.05, 3.63) is 0 Å².